The molecule has 0 bridgehead atoms. The first-order valence-electron chi connectivity index (χ1n) is 6.86. The molecular formula is C14H22O7. The molecule has 0 heterocycles. The average molecular weight is 302 g/mol. The van der Waals surface area contributed by atoms with Gasteiger partial charge in [-0.25, -0.2) is 4.79 Å². The second-order valence-corrected chi connectivity index (χ2v) is 5.21. The maximum Gasteiger partial charge on any atom is 0.339 e. The predicted molar refractivity (Wildman–Crippen MR) is 71.1 cm³/mol. The topological polar surface area (TPSA) is 99.1 Å². The maximum absolute atomic E-state index is 12.1. The lowest BCUT2D eigenvalue weighted by atomic mass is 9.75. The summed E-state index contributed by atoms with van der Waals surface area (Å²) in [6.45, 7) is 0. The third-order valence-electron chi connectivity index (χ3n) is 4.02. The monoisotopic (exact) mass is 302 g/mol. The molecule has 0 aromatic carbocycles. The van der Waals surface area contributed by atoms with Crippen molar-refractivity contribution in [1.29, 1.82) is 0 Å². The van der Waals surface area contributed by atoms with E-state index in [1.807, 2.05) is 0 Å². The SMILES string of the molecule is COC(=O)CC(O)(C(=O)OC)C(C(=O)OC)C1CCCC1. The van der Waals surface area contributed by atoms with Gasteiger partial charge in [0.1, 0.15) is 0 Å². The number of esters is 3. The van der Waals surface area contributed by atoms with E-state index in [9.17, 15) is 19.5 Å². The van der Waals surface area contributed by atoms with Crippen LogP contribution in [0.2, 0.25) is 0 Å². The first-order valence-corrected chi connectivity index (χ1v) is 6.86. The summed E-state index contributed by atoms with van der Waals surface area (Å²) in [5.41, 5.74) is -2.27. The van der Waals surface area contributed by atoms with Crippen LogP contribution in [0.1, 0.15) is 32.1 Å². The molecule has 2 atom stereocenters. The number of carbonyl (C=O) groups excluding carboxylic acids is 3. The Labute approximate surface area is 123 Å². The third-order valence-corrected chi connectivity index (χ3v) is 4.02. The molecule has 1 fully saturated rings. The van der Waals surface area contributed by atoms with Crippen molar-refractivity contribution in [2.24, 2.45) is 11.8 Å². The molecule has 1 aliphatic rings. The van der Waals surface area contributed by atoms with Gasteiger partial charge in [0.05, 0.1) is 33.7 Å². The van der Waals surface area contributed by atoms with Crippen molar-refractivity contribution in [3.8, 4) is 0 Å². The molecule has 7 heteroatoms. The van der Waals surface area contributed by atoms with Crippen LogP contribution in [0.25, 0.3) is 0 Å². The Morgan fingerprint density at radius 3 is 2.10 bits per heavy atom. The number of aliphatic hydroxyl groups is 1. The minimum Gasteiger partial charge on any atom is -0.469 e. The van der Waals surface area contributed by atoms with Gasteiger partial charge in [-0.1, -0.05) is 12.8 Å². The number of hydrogen-bond acceptors (Lipinski definition) is 7. The van der Waals surface area contributed by atoms with Crippen LogP contribution in [0.4, 0.5) is 0 Å². The van der Waals surface area contributed by atoms with E-state index in [1.165, 1.54) is 7.11 Å². The second-order valence-electron chi connectivity index (χ2n) is 5.21. The van der Waals surface area contributed by atoms with Crippen molar-refractivity contribution in [3.63, 3.8) is 0 Å². The highest BCUT2D eigenvalue weighted by molar-refractivity contribution is 5.91. The zero-order chi connectivity index (χ0) is 16.0. The number of methoxy groups -OCH3 is 3. The van der Waals surface area contributed by atoms with Gasteiger partial charge >= 0.3 is 17.9 Å². The third kappa shape index (κ3) is 3.72. The lowest BCUT2D eigenvalue weighted by molar-refractivity contribution is -0.186. The molecule has 0 spiro atoms. The van der Waals surface area contributed by atoms with Crippen molar-refractivity contribution in [2.75, 3.05) is 21.3 Å². The largest absolute Gasteiger partial charge is 0.469 e. The summed E-state index contributed by atoms with van der Waals surface area (Å²) in [7, 11) is 3.41. The second kappa shape index (κ2) is 7.40. The highest BCUT2D eigenvalue weighted by Gasteiger charge is 2.54. The van der Waals surface area contributed by atoms with Gasteiger partial charge in [0.2, 0.25) is 0 Å². The van der Waals surface area contributed by atoms with Gasteiger partial charge in [0.15, 0.2) is 5.60 Å². The van der Waals surface area contributed by atoms with E-state index < -0.39 is 35.8 Å². The summed E-state index contributed by atoms with van der Waals surface area (Å²) in [6.07, 6.45) is 2.51. The molecule has 0 aromatic heterocycles. The van der Waals surface area contributed by atoms with Crippen LogP contribution in [0.3, 0.4) is 0 Å². The predicted octanol–water partition coefficient (Wildman–Crippen LogP) is 0.433. The summed E-state index contributed by atoms with van der Waals surface area (Å²) in [6, 6.07) is 0. The fourth-order valence-corrected chi connectivity index (χ4v) is 2.97. The van der Waals surface area contributed by atoms with Gasteiger partial charge in [0.25, 0.3) is 0 Å². The van der Waals surface area contributed by atoms with E-state index in [4.69, 9.17) is 4.74 Å². The van der Waals surface area contributed by atoms with Crippen molar-refractivity contribution >= 4 is 17.9 Å². The van der Waals surface area contributed by atoms with Crippen molar-refractivity contribution in [1.82, 2.24) is 0 Å². The molecule has 0 aromatic rings. The minimum atomic E-state index is -2.27. The first-order chi connectivity index (χ1) is 9.90. The van der Waals surface area contributed by atoms with Crippen LogP contribution in [-0.2, 0) is 28.6 Å². The van der Waals surface area contributed by atoms with E-state index in [2.05, 4.69) is 9.47 Å². The van der Waals surface area contributed by atoms with Crippen molar-refractivity contribution in [3.05, 3.63) is 0 Å². The molecule has 120 valence electrons. The normalized spacial score (nSPS) is 19.4. The van der Waals surface area contributed by atoms with Gasteiger partial charge in [-0.2, -0.15) is 0 Å². The smallest absolute Gasteiger partial charge is 0.339 e. The van der Waals surface area contributed by atoms with Gasteiger partial charge in [0, 0.05) is 0 Å². The molecule has 7 nitrogen and oxygen atoms in total. The van der Waals surface area contributed by atoms with Crippen molar-refractivity contribution in [2.45, 2.75) is 37.7 Å². The van der Waals surface area contributed by atoms with Crippen LogP contribution >= 0.6 is 0 Å². The fourth-order valence-electron chi connectivity index (χ4n) is 2.97. The molecule has 1 aliphatic carbocycles. The molecule has 1 rings (SSSR count). The molecule has 0 radical (unpaired) electrons. The van der Waals surface area contributed by atoms with Crippen LogP contribution in [0.15, 0.2) is 0 Å². The average Bonchev–Trinajstić information content (AvgIpc) is 2.99. The number of rotatable bonds is 6. The zero-order valence-electron chi connectivity index (χ0n) is 12.6. The van der Waals surface area contributed by atoms with E-state index in [1.54, 1.807) is 0 Å². The van der Waals surface area contributed by atoms with Gasteiger partial charge in [-0.15, -0.1) is 0 Å². The van der Waals surface area contributed by atoms with Gasteiger partial charge < -0.3 is 19.3 Å². The summed E-state index contributed by atoms with van der Waals surface area (Å²) < 4.78 is 13.8. The molecule has 2 unspecified atom stereocenters. The molecule has 0 saturated heterocycles. The fraction of sp³-hybridized carbons (Fsp3) is 0.786. The molecule has 1 N–H and O–H groups in total. The van der Waals surface area contributed by atoms with Crippen LogP contribution in [-0.4, -0.2) is 49.9 Å². The maximum atomic E-state index is 12.1. The Morgan fingerprint density at radius 1 is 1.10 bits per heavy atom. The summed E-state index contributed by atoms with van der Waals surface area (Å²) in [4.78, 5) is 35.6. The number of carbonyl (C=O) groups is 3. The Bertz CT molecular complexity index is 400. The van der Waals surface area contributed by atoms with E-state index >= 15 is 0 Å². The van der Waals surface area contributed by atoms with E-state index in [-0.39, 0.29) is 5.92 Å². The molecule has 1 saturated carbocycles. The highest BCUT2D eigenvalue weighted by Crippen LogP contribution is 2.40. The van der Waals surface area contributed by atoms with E-state index in [0.717, 1.165) is 27.1 Å². The lowest BCUT2D eigenvalue weighted by Gasteiger charge is -2.34. The summed E-state index contributed by atoms with van der Waals surface area (Å²) in [5.74, 6) is -3.92. The first kappa shape index (κ1) is 17.4. The minimum absolute atomic E-state index is 0.230. The molecular weight excluding hydrogens is 280 g/mol. The highest BCUT2D eigenvalue weighted by atomic mass is 16.6. The van der Waals surface area contributed by atoms with Crippen LogP contribution < -0.4 is 0 Å². The Hall–Kier alpha value is -1.63. The summed E-state index contributed by atoms with van der Waals surface area (Å²) >= 11 is 0. The molecule has 21 heavy (non-hydrogen) atoms. The van der Waals surface area contributed by atoms with Crippen molar-refractivity contribution < 1.29 is 33.7 Å². The quantitative estimate of drug-likeness (QED) is 0.561. The molecule has 0 aliphatic heterocycles. The lowest BCUT2D eigenvalue weighted by Crippen LogP contribution is -2.54. The van der Waals surface area contributed by atoms with E-state index in [0.29, 0.717) is 12.8 Å². The zero-order valence-corrected chi connectivity index (χ0v) is 12.6. The standard InChI is InChI=1S/C14H22O7/c1-19-10(15)8-14(18,13(17)21-3)11(12(16)20-2)9-6-4-5-7-9/h9,11,18H,4-8H2,1-3H3. The van der Waals surface area contributed by atoms with Gasteiger partial charge in [-0.3, -0.25) is 9.59 Å². The number of ether oxygens (including phenoxy) is 3. The van der Waals surface area contributed by atoms with Gasteiger partial charge in [-0.05, 0) is 18.8 Å². The number of hydrogen-bond donors (Lipinski definition) is 1. The summed E-state index contributed by atoms with van der Waals surface area (Å²) in [5, 5.41) is 10.7. The Morgan fingerprint density at radius 2 is 1.67 bits per heavy atom. The van der Waals surface area contributed by atoms with Crippen LogP contribution in [0.5, 0.6) is 0 Å². The Kier molecular flexibility index (Phi) is 6.14. The Balaban J connectivity index is 3.18. The van der Waals surface area contributed by atoms with Crippen LogP contribution in [0, 0.1) is 11.8 Å². The molecule has 0 amide bonds.